The molecule has 0 saturated heterocycles. The van der Waals surface area contributed by atoms with Crippen LogP contribution in [0.1, 0.15) is 112 Å². The zero-order valence-corrected chi connectivity index (χ0v) is 21.4. The van der Waals surface area contributed by atoms with Crippen molar-refractivity contribution in [2.75, 3.05) is 0 Å². The first-order chi connectivity index (χ1) is 14.7. The van der Waals surface area contributed by atoms with E-state index in [2.05, 4.69) is 53.7 Å². The Morgan fingerprint density at radius 1 is 1.10 bits per heavy atom. The van der Waals surface area contributed by atoms with E-state index in [1.807, 2.05) is 0 Å². The highest BCUT2D eigenvalue weighted by Crippen LogP contribution is 2.67. The van der Waals surface area contributed by atoms with Crippen LogP contribution in [-0.4, -0.2) is 11.2 Å². The molecule has 1 nitrogen and oxygen atoms in total. The summed E-state index contributed by atoms with van der Waals surface area (Å²) in [5.74, 6) is 5.15. The summed E-state index contributed by atoms with van der Waals surface area (Å²) in [5, 5.41) is 10.3. The molecule has 0 spiro atoms. The van der Waals surface area contributed by atoms with E-state index in [0.29, 0.717) is 16.7 Å². The van der Waals surface area contributed by atoms with Crippen LogP contribution in [0.15, 0.2) is 23.3 Å². The van der Waals surface area contributed by atoms with Crippen molar-refractivity contribution in [2.24, 2.45) is 46.3 Å². The largest absolute Gasteiger partial charge is 0.393 e. The third-order valence-electron chi connectivity index (χ3n) is 10.9. The molecular weight excluding hydrogens is 376 g/mol. The lowest BCUT2D eigenvalue weighted by Crippen LogP contribution is -2.50. The van der Waals surface area contributed by atoms with Gasteiger partial charge in [-0.15, -0.1) is 0 Å². The van der Waals surface area contributed by atoms with Crippen LogP contribution >= 0.6 is 0 Å². The Labute approximate surface area is 193 Å². The summed E-state index contributed by atoms with van der Waals surface area (Å²) in [6, 6.07) is 0. The van der Waals surface area contributed by atoms with E-state index in [1.165, 1.54) is 57.8 Å². The molecule has 0 aromatic rings. The summed E-state index contributed by atoms with van der Waals surface area (Å²) in [6.07, 6.45) is 19.2. The molecule has 4 aliphatic carbocycles. The second-order valence-corrected chi connectivity index (χ2v) is 12.7. The van der Waals surface area contributed by atoms with Crippen molar-refractivity contribution in [3.63, 3.8) is 0 Å². The molecule has 0 aromatic carbocycles. The van der Waals surface area contributed by atoms with Gasteiger partial charge < -0.3 is 5.11 Å². The topological polar surface area (TPSA) is 20.2 Å². The maximum atomic E-state index is 10.3. The Balaban J connectivity index is 1.47. The van der Waals surface area contributed by atoms with Gasteiger partial charge in [0.15, 0.2) is 0 Å². The number of aliphatic hydroxyl groups excluding tert-OH is 1. The van der Waals surface area contributed by atoms with Crippen molar-refractivity contribution >= 4 is 0 Å². The molecule has 0 bridgehead atoms. The lowest BCUT2D eigenvalue weighted by Gasteiger charge is -2.58. The van der Waals surface area contributed by atoms with E-state index < -0.39 is 0 Å². The van der Waals surface area contributed by atoms with Crippen LogP contribution in [0.5, 0.6) is 0 Å². The molecule has 31 heavy (non-hydrogen) atoms. The molecule has 4 rings (SSSR count). The highest BCUT2D eigenvalue weighted by Gasteiger charge is 2.59. The molecule has 4 aliphatic rings. The molecule has 1 heteroatoms. The average Bonchev–Trinajstić information content (AvgIpc) is 3.08. The molecule has 8 atom stereocenters. The highest BCUT2D eigenvalue weighted by molar-refractivity contribution is 5.25. The lowest BCUT2D eigenvalue weighted by molar-refractivity contribution is -0.0571. The second-order valence-electron chi connectivity index (χ2n) is 12.7. The van der Waals surface area contributed by atoms with Crippen molar-refractivity contribution in [3.8, 4) is 0 Å². The zero-order chi connectivity index (χ0) is 22.4. The fourth-order valence-corrected chi connectivity index (χ4v) is 9.10. The maximum Gasteiger partial charge on any atom is 0.0577 e. The van der Waals surface area contributed by atoms with Gasteiger partial charge in [-0.05, 0) is 117 Å². The Morgan fingerprint density at radius 3 is 2.58 bits per heavy atom. The first-order valence-corrected chi connectivity index (χ1v) is 13.8. The van der Waals surface area contributed by atoms with Gasteiger partial charge in [0.05, 0.1) is 6.10 Å². The molecule has 0 heterocycles. The number of aliphatic hydroxyl groups is 1. The minimum absolute atomic E-state index is 0.0843. The first-order valence-electron chi connectivity index (χ1n) is 13.8. The molecule has 1 N–H and O–H groups in total. The molecule has 3 fully saturated rings. The predicted molar refractivity (Wildman–Crippen MR) is 133 cm³/mol. The molecule has 0 amide bonds. The van der Waals surface area contributed by atoms with E-state index in [4.69, 9.17) is 0 Å². The normalized spacial score (nSPS) is 43.8. The quantitative estimate of drug-likeness (QED) is 0.423. The molecule has 3 saturated carbocycles. The third kappa shape index (κ3) is 4.11. The van der Waals surface area contributed by atoms with Gasteiger partial charge in [0.2, 0.25) is 0 Å². The van der Waals surface area contributed by atoms with Crippen molar-refractivity contribution < 1.29 is 5.11 Å². The number of fused-ring (bicyclic) bond motifs is 5. The lowest BCUT2D eigenvalue weighted by atomic mass is 9.47. The predicted octanol–water partition coefficient (Wildman–Crippen LogP) is 8.34. The van der Waals surface area contributed by atoms with E-state index in [1.54, 1.807) is 11.1 Å². The van der Waals surface area contributed by atoms with Gasteiger partial charge in [-0.1, -0.05) is 64.8 Å². The van der Waals surface area contributed by atoms with Gasteiger partial charge in [-0.2, -0.15) is 0 Å². The van der Waals surface area contributed by atoms with Crippen LogP contribution in [-0.2, 0) is 0 Å². The smallest absolute Gasteiger partial charge is 0.0577 e. The Bertz CT molecular complexity index is 701. The highest BCUT2D eigenvalue weighted by atomic mass is 16.3. The van der Waals surface area contributed by atoms with E-state index in [9.17, 15) is 5.11 Å². The average molecular weight is 427 g/mol. The van der Waals surface area contributed by atoms with Crippen LogP contribution in [0.3, 0.4) is 0 Å². The summed E-state index contributed by atoms with van der Waals surface area (Å²) in [6.45, 7) is 14.9. The number of hydrogen-bond donors (Lipinski definition) is 1. The Morgan fingerprint density at radius 2 is 1.87 bits per heavy atom. The van der Waals surface area contributed by atoms with Crippen molar-refractivity contribution in [3.05, 3.63) is 23.3 Å². The summed E-state index contributed by atoms with van der Waals surface area (Å²) >= 11 is 0. The Kier molecular flexibility index (Phi) is 6.85. The van der Waals surface area contributed by atoms with Crippen LogP contribution in [0.2, 0.25) is 0 Å². The van der Waals surface area contributed by atoms with Gasteiger partial charge in [0, 0.05) is 0 Å². The molecule has 0 aromatic heterocycles. The van der Waals surface area contributed by atoms with Gasteiger partial charge >= 0.3 is 0 Å². The fourth-order valence-electron chi connectivity index (χ4n) is 9.10. The van der Waals surface area contributed by atoms with Crippen LogP contribution in [0.4, 0.5) is 0 Å². The first kappa shape index (κ1) is 23.6. The Hall–Kier alpha value is -0.560. The standard InChI is InChI=1S/C30H50O/c1-7-8-22(20(2)3)10-9-21(4)26-13-14-27-25-12-11-23-19-24(31)15-17-29(23,5)28(25)16-18-30(26,27)6/h8,11,20-21,24-28,31H,7,9-10,12-19H2,1-6H3/b22-8+/t21-,24-,25+,26+,27+,28-,29+,30+/m1/s1. The summed E-state index contributed by atoms with van der Waals surface area (Å²) in [5.41, 5.74) is 4.24. The SMILES string of the molecule is CC/C=C(\CC[C@@H](C)[C@@H]1CC[C@H]2[C@@H]3CC=C4C[C@H](O)CC[C@]4(C)[C@@H]3CC[C@]21C)C(C)C. The second kappa shape index (κ2) is 9.00. The monoisotopic (exact) mass is 426 g/mol. The summed E-state index contributed by atoms with van der Waals surface area (Å²) in [7, 11) is 0. The van der Waals surface area contributed by atoms with Crippen molar-refractivity contribution in [1.29, 1.82) is 0 Å². The van der Waals surface area contributed by atoms with Gasteiger partial charge in [-0.25, -0.2) is 0 Å². The van der Waals surface area contributed by atoms with E-state index in [-0.39, 0.29) is 6.10 Å². The van der Waals surface area contributed by atoms with Crippen molar-refractivity contribution in [2.45, 2.75) is 118 Å². The summed E-state index contributed by atoms with van der Waals surface area (Å²) < 4.78 is 0. The van der Waals surface area contributed by atoms with Crippen LogP contribution in [0.25, 0.3) is 0 Å². The molecule has 0 aliphatic heterocycles. The fraction of sp³-hybridized carbons (Fsp3) is 0.867. The number of rotatable bonds is 6. The minimum atomic E-state index is -0.0843. The van der Waals surface area contributed by atoms with E-state index >= 15 is 0 Å². The molecule has 0 unspecified atom stereocenters. The summed E-state index contributed by atoms with van der Waals surface area (Å²) in [4.78, 5) is 0. The van der Waals surface area contributed by atoms with Gasteiger partial charge in [0.25, 0.3) is 0 Å². The molecular formula is C30H50O. The van der Waals surface area contributed by atoms with Gasteiger partial charge in [0.1, 0.15) is 0 Å². The minimum Gasteiger partial charge on any atom is -0.393 e. The molecule has 176 valence electrons. The zero-order valence-electron chi connectivity index (χ0n) is 21.4. The number of allylic oxidation sites excluding steroid dienone is 3. The van der Waals surface area contributed by atoms with Crippen molar-refractivity contribution in [1.82, 2.24) is 0 Å². The third-order valence-corrected chi connectivity index (χ3v) is 10.9. The van der Waals surface area contributed by atoms with E-state index in [0.717, 1.165) is 42.4 Å². The maximum absolute atomic E-state index is 10.3. The van der Waals surface area contributed by atoms with Crippen LogP contribution in [0, 0.1) is 46.3 Å². The van der Waals surface area contributed by atoms with Crippen LogP contribution < -0.4 is 0 Å². The van der Waals surface area contributed by atoms with Gasteiger partial charge in [-0.3, -0.25) is 0 Å². The number of hydrogen-bond acceptors (Lipinski definition) is 1. The molecule has 0 radical (unpaired) electrons.